The van der Waals surface area contributed by atoms with Crippen LogP contribution in [0.4, 0.5) is 10.1 Å². The molecule has 3 rings (SSSR count). The molecule has 1 aromatic heterocycles. The summed E-state index contributed by atoms with van der Waals surface area (Å²) >= 11 is 0. The minimum Gasteiger partial charge on any atom is -0.388 e. The summed E-state index contributed by atoms with van der Waals surface area (Å²) in [5.74, 6) is -0.292. The highest BCUT2D eigenvalue weighted by molar-refractivity contribution is 5.96. The van der Waals surface area contributed by atoms with Gasteiger partial charge in [-0.1, -0.05) is 36.4 Å². The van der Waals surface area contributed by atoms with Crippen LogP contribution in [-0.4, -0.2) is 12.0 Å². The highest BCUT2D eigenvalue weighted by Gasteiger charge is 2.12. The number of nitrogens with zero attached hydrogens (tertiary/aromatic N) is 1. The van der Waals surface area contributed by atoms with E-state index in [2.05, 4.69) is 10.3 Å². The highest BCUT2D eigenvalue weighted by atomic mass is 19.1. The summed E-state index contributed by atoms with van der Waals surface area (Å²) in [5.41, 5.74) is 4.07. The molecule has 20 heavy (non-hydrogen) atoms. The Labute approximate surface area is 117 Å². The topological polar surface area (TPSA) is 24.9 Å². The molecule has 0 saturated heterocycles. The number of nitrogens with one attached hydrogen (secondary N) is 1. The summed E-state index contributed by atoms with van der Waals surface area (Å²) in [7, 11) is 1.84. The third kappa shape index (κ3) is 2.01. The summed E-state index contributed by atoms with van der Waals surface area (Å²) in [6.07, 6.45) is 0. The van der Waals surface area contributed by atoms with Crippen molar-refractivity contribution in [3.8, 4) is 11.3 Å². The summed E-state index contributed by atoms with van der Waals surface area (Å²) in [5, 5.41) is 3.98. The Balaban J connectivity index is 2.35. The van der Waals surface area contributed by atoms with Gasteiger partial charge in [0.1, 0.15) is 11.3 Å². The summed E-state index contributed by atoms with van der Waals surface area (Å²) in [6.45, 7) is 1.96. The molecule has 0 unspecified atom stereocenters. The maximum absolute atomic E-state index is 14.1. The van der Waals surface area contributed by atoms with Crippen LogP contribution in [0.3, 0.4) is 0 Å². The van der Waals surface area contributed by atoms with Gasteiger partial charge < -0.3 is 5.32 Å². The average Bonchev–Trinajstić information content (AvgIpc) is 2.51. The second-order valence-electron chi connectivity index (χ2n) is 4.76. The molecule has 1 N–H and O–H groups in total. The molecule has 0 bridgehead atoms. The number of hydrogen-bond acceptors (Lipinski definition) is 2. The molecule has 0 spiro atoms. The molecule has 2 nitrogen and oxygen atoms in total. The fourth-order valence-electron chi connectivity index (χ4n) is 2.43. The molecule has 0 atom stereocenters. The second kappa shape index (κ2) is 4.93. The molecular weight excluding hydrogens is 251 g/mol. The first-order valence-electron chi connectivity index (χ1n) is 6.53. The van der Waals surface area contributed by atoms with Gasteiger partial charge in [-0.2, -0.15) is 0 Å². The van der Waals surface area contributed by atoms with E-state index in [4.69, 9.17) is 0 Å². The van der Waals surface area contributed by atoms with Gasteiger partial charge in [0.15, 0.2) is 0 Å². The predicted molar refractivity (Wildman–Crippen MR) is 81.4 cm³/mol. The summed E-state index contributed by atoms with van der Waals surface area (Å²) in [4.78, 5) is 4.50. The van der Waals surface area contributed by atoms with Crippen molar-refractivity contribution in [3.63, 3.8) is 0 Å². The zero-order chi connectivity index (χ0) is 14.1. The molecule has 0 radical (unpaired) electrons. The highest BCUT2D eigenvalue weighted by Crippen LogP contribution is 2.31. The van der Waals surface area contributed by atoms with E-state index in [-0.39, 0.29) is 5.82 Å². The second-order valence-corrected chi connectivity index (χ2v) is 4.76. The van der Waals surface area contributed by atoms with Crippen LogP contribution >= 0.6 is 0 Å². The molecule has 0 amide bonds. The van der Waals surface area contributed by atoms with E-state index < -0.39 is 0 Å². The van der Waals surface area contributed by atoms with E-state index >= 15 is 0 Å². The van der Waals surface area contributed by atoms with Gasteiger partial charge in [0.25, 0.3) is 0 Å². The van der Waals surface area contributed by atoms with Crippen molar-refractivity contribution in [1.29, 1.82) is 0 Å². The number of rotatable bonds is 2. The summed E-state index contributed by atoms with van der Waals surface area (Å²) in [6, 6.07) is 15.0. The first kappa shape index (κ1) is 12.6. The zero-order valence-corrected chi connectivity index (χ0v) is 11.4. The van der Waals surface area contributed by atoms with Crippen LogP contribution in [0.2, 0.25) is 0 Å². The number of benzene rings is 2. The molecule has 3 aromatic rings. The fourth-order valence-corrected chi connectivity index (χ4v) is 2.43. The van der Waals surface area contributed by atoms with Crippen LogP contribution in [0, 0.1) is 12.7 Å². The minimum absolute atomic E-state index is 0.292. The number of pyridine rings is 1. The predicted octanol–water partition coefficient (Wildman–Crippen LogP) is 4.39. The number of aromatic nitrogens is 1. The van der Waals surface area contributed by atoms with Gasteiger partial charge >= 0.3 is 0 Å². The quantitative estimate of drug-likeness (QED) is 0.744. The van der Waals surface area contributed by atoms with E-state index in [0.29, 0.717) is 5.52 Å². The van der Waals surface area contributed by atoms with E-state index in [9.17, 15) is 4.39 Å². The van der Waals surface area contributed by atoms with Crippen LogP contribution in [-0.2, 0) is 0 Å². The smallest absolute Gasteiger partial charge is 0.149 e. The third-order valence-corrected chi connectivity index (χ3v) is 3.46. The van der Waals surface area contributed by atoms with Crippen molar-refractivity contribution in [3.05, 3.63) is 59.9 Å². The van der Waals surface area contributed by atoms with Crippen molar-refractivity contribution < 1.29 is 4.39 Å². The Hall–Kier alpha value is -2.42. The van der Waals surface area contributed by atoms with E-state index in [1.54, 1.807) is 6.07 Å². The lowest BCUT2D eigenvalue weighted by atomic mass is 10.0. The van der Waals surface area contributed by atoms with Gasteiger partial charge in [0.2, 0.25) is 0 Å². The summed E-state index contributed by atoms with van der Waals surface area (Å²) < 4.78 is 14.1. The molecule has 0 aliphatic rings. The number of fused-ring (bicyclic) bond motifs is 1. The van der Waals surface area contributed by atoms with E-state index in [1.165, 1.54) is 6.07 Å². The maximum atomic E-state index is 14.1. The Kier molecular flexibility index (Phi) is 3.11. The standard InChI is InChI=1S/C17H15FN2/c1-11-8-9-13(18)17-16(11)15(19-2)10-14(20-17)12-6-4-3-5-7-12/h3-10H,1-2H3,(H,19,20). The van der Waals surface area contributed by atoms with Gasteiger partial charge in [-0.25, -0.2) is 9.37 Å². The largest absolute Gasteiger partial charge is 0.388 e. The van der Waals surface area contributed by atoms with Crippen LogP contribution in [0.15, 0.2) is 48.5 Å². The number of hydrogen-bond donors (Lipinski definition) is 1. The number of aryl methyl sites for hydroxylation is 1. The molecule has 0 aliphatic heterocycles. The SMILES string of the molecule is CNc1cc(-c2ccccc2)nc2c(F)ccc(C)c12. The average molecular weight is 266 g/mol. The normalized spacial score (nSPS) is 10.8. The third-order valence-electron chi connectivity index (χ3n) is 3.46. The van der Waals surface area contributed by atoms with E-state index in [1.807, 2.05) is 50.4 Å². The molecular formula is C17H15FN2. The lowest BCUT2D eigenvalue weighted by Crippen LogP contribution is -1.97. The Morgan fingerprint density at radius 3 is 2.50 bits per heavy atom. The monoisotopic (exact) mass is 266 g/mol. The lowest BCUT2D eigenvalue weighted by molar-refractivity contribution is 0.636. The Bertz CT molecular complexity index is 767. The minimum atomic E-state index is -0.292. The molecule has 0 fully saturated rings. The maximum Gasteiger partial charge on any atom is 0.149 e. The van der Waals surface area contributed by atoms with Crippen LogP contribution in [0.1, 0.15) is 5.56 Å². The van der Waals surface area contributed by atoms with Crippen LogP contribution in [0.5, 0.6) is 0 Å². The molecule has 0 saturated carbocycles. The molecule has 2 aromatic carbocycles. The van der Waals surface area contributed by atoms with Crippen molar-refractivity contribution in [2.45, 2.75) is 6.92 Å². The first-order valence-corrected chi connectivity index (χ1v) is 6.53. The lowest BCUT2D eigenvalue weighted by Gasteiger charge is -2.12. The van der Waals surface area contributed by atoms with Crippen molar-refractivity contribution in [1.82, 2.24) is 4.98 Å². The van der Waals surface area contributed by atoms with Crippen molar-refractivity contribution >= 4 is 16.6 Å². The van der Waals surface area contributed by atoms with E-state index in [0.717, 1.165) is 27.9 Å². The van der Waals surface area contributed by atoms with Crippen LogP contribution < -0.4 is 5.32 Å². The van der Waals surface area contributed by atoms with Gasteiger partial charge in [-0.05, 0) is 24.6 Å². The van der Waals surface area contributed by atoms with Gasteiger partial charge in [0.05, 0.1) is 5.69 Å². The molecule has 3 heteroatoms. The Morgan fingerprint density at radius 1 is 1.05 bits per heavy atom. The first-order chi connectivity index (χ1) is 9.70. The van der Waals surface area contributed by atoms with Crippen LogP contribution in [0.25, 0.3) is 22.2 Å². The van der Waals surface area contributed by atoms with Gasteiger partial charge in [0, 0.05) is 23.7 Å². The molecule has 1 heterocycles. The van der Waals surface area contributed by atoms with Gasteiger partial charge in [-0.3, -0.25) is 0 Å². The van der Waals surface area contributed by atoms with Crippen molar-refractivity contribution in [2.75, 3.05) is 12.4 Å². The zero-order valence-electron chi connectivity index (χ0n) is 11.4. The number of halogens is 1. The molecule has 100 valence electrons. The fraction of sp³-hybridized carbons (Fsp3) is 0.118. The number of anilines is 1. The Morgan fingerprint density at radius 2 is 1.80 bits per heavy atom. The molecule has 0 aliphatic carbocycles. The van der Waals surface area contributed by atoms with Crippen molar-refractivity contribution in [2.24, 2.45) is 0 Å². The van der Waals surface area contributed by atoms with Gasteiger partial charge in [-0.15, -0.1) is 0 Å².